The molecule has 0 unspecified atom stereocenters. The number of nitrogens with zero attached hydrogens (tertiary/aromatic N) is 2. The minimum Gasteiger partial charge on any atom is -0.494 e. The van der Waals surface area contributed by atoms with Gasteiger partial charge in [-0.15, -0.1) is 0 Å². The van der Waals surface area contributed by atoms with Crippen LogP contribution in [0.3, 0.4) is 0 Å². The molecule has 2 aromatic heterocycles. The molecule has 1 amide bonds. The third kappa shape index (κ3) is 4.85. The standard InChI is InChI=1S/C19H18BrN3O4/c1-2-26-14-5-3-13(4-6-14)15-11-18(24)23(12-22-15)10-9-21-19(25)16-7-8-17(20)27-16/h3-8,11-12H,2,9-10H2,1H3,(H,21,25). The first-order valence-corrected chi connectivity index (χ1v) is 9.19. The van der Waals surface area contributed by atoms with Gasteiger partial charge >= 0.3 is 0 Å². The topological polar surface area (TPSA) is 86.4 Å². The highest BCUT2D eigenvalue weighted by Gasteiger charge is 2.10. The summed E-state index contributed by atoms with van der Waals surface area (Å²) in [7, 11) is 0. The van der Waals surface area contributed by atoms with Crippen LogP contribution in [0.15, 0.2) is 62.7 Å². The maximum absolute atomic E-state index is 12.3. The van der Waals surface area contributed by atoms with Crippen LogP contribution in [0.25, 0.3) is 11.3 Å². The van der Waals surface area contributed by atoms with Gasteiger partial charge in [0.1, 0.15) is 5.75 Å². The number of nitrogens with one attached hydrogen (secondary N) is 1. The summed E-state index contributed by atoms with van der Waals surface area (Å²) >= 11 is 3.15. The number of carbonyl (C=O) groups excluding carboxylic acids is 1. The molecule has 0 aliphatic heterocycles. The number of aromatic nitrogens is 2. The molecular weight excluding hydrogens is 414 g/mol. The molecule has 0 saturated carbocycles. The zero-order chi connectivity index (χ0) is 19.2. The van der Waals surface area contributed by atoms with Gasteiger partial charge in [-0.05, 0) is 59.3 Å². The van der Waals surface area contributed by atoms with Crippen LogP contribution in [0, 0.1) is 0 Å². The van der Waals surface area contributed by atoms with Gasteiger partial charge in [-0.25, -0.2) is 4.98 Å². The molecule has 0 atom stereocenters. The monoisotopic (exact) mass is 431 g/mol. The molecule has 2 heterocycles. The van der Waals surface area contributed by atoms with Crippen LogP contribution in [0.4, 0.5) is 0 Å². The second-order valence-electron chi connectivity index (χ2n) is 5.62. The fraction of sp³-hybridized carbons (Fsp3) is 0.211. The molecule has 27 heavy (non-hydrogen) atoms. The average Bonchev–Trinajstić information content (AvgIpc) is 3.10. The Hall–Kier alpha value is -2.87. The molecule has 0 saturated heterocycles. The van der Waals surface area contributed by atoms with Crippen molar-refractivity contribution in [3.63, 3.8) is 0 Å². The molecule has 0 radical (unpaired) electrons. The average molecular weight is 432 g/mol. The van der Waals surface area contributed by atoms with Gasteiger partial charge in [0.15, 0.2) is 10.4 Å². The number of carbonyl (C=O) groups is 1. The van der Waals surface area contributed by atoms with Crippen molar-refractivity contribution in [2.45, 2.75) is 13.5 Å². The first-order valence-electron chi connectivity index (χ1n) is 8.40. The largest absolute Gasteiger partial charge is 0.494 e. The molecule has 1 aromatic carbocycles. The number of amides is 1. The maximum atomic E-state index is 12.3. The number of rotatable bonds is 7. The fourth-order valence-electron chi connectivity index (χ4n) is 2.45. The van der Waals surface area contributed by atoms with E-state index < -0.39 is 0 Å². The third-order valence-electron chi connectivity index (χ3n) is 3.78. The number of benzene rings is 1. The Morgan fingerprint density at radius 3 is 2.67 bits per heavy atom. The highest BCUT2D eigenvalue weighted by molar-refractivity contribution is 9.10. The third-order valence-corrected chi connectivity index (χ3v) is 4.20. The van der Waals surface area contributed by atoms with Gasteiger partial charge in [0.2, 0.25) is 0 Å². The van der Waals surface area contributed by atoms with Crippen LogP contribution in [-0.2, 0) is 6.54 Å². The summed E-state index contributed by atoms with van der Waals surface area (Å²) < 4.78 is 12.5. The van der Waals surface area contributed by atoms with Crippen LogP contribution in [0.5, 0.6) is 5.75 Å². The van der Waals surface area contributed by atoms with Gasteiger partial charge in [0.25, 0.3) is 11.5 Å². The van der Waals surface area contributed by atoms with Crippen molar-refractivity contribution in [1.29, 1.82) is 0 Å². The van der Waals surface area contributed by atoms with E-state index in [1.54, 1.807) is 12.1 Å². The molecule has 0 spiro atoms. The summed E-state index contributed by atoms with van der Waals surface area (Å²) in [5.74, 6) is 0.639. The first kappa shape index (κ1) is 18.9. The lowest BCUT2D eigenvalue weighted by Gasteiger charge is -2.08. The molecule has 0 aliphatic carbocycles. The van der Waals surface area contributed by atoms with Gasteiger partial charge in [-0.2, -0.15) is 0 Å². The zero-order valence-electron chi connectivity index (χ0n) is 14.6. The highest BCUT2D eigenvalue weighted by atomic mass is 79.9. The summed E-state index contributed by atoms with van der Waals surface area (Å²) in [6.45, 7) is 3.11. The van der Waals surface area contributed by atoms with E-state index >= 15 is 0 Å². The van der Waals surface area contributed by atoms with Crippen LogP contribution in [0.2, 0.25) is 0 Å². The van der Waals surface area contributed by atoms with Crippen LogP contribution in [0.1, 0.15) is 17.5 Å². The van der Waals surface area contributed by atoms with Crippen LogP contribution in [-0.4, -0.2) is 28.6 Å². The number of hydrogen-bond donors (Lipinski definition) is 1. The number of furan rings is 1. The van der Waals surface area contributed by atoms with E-state index in [-0.39, 0.29) is 23.8 Å². The number of ether oxygens (including phenoxy) is 1. The quantitative estimate of drug-likeness (QED) is 0.620. The van der Waals surface area contributed by atoms with Crippen molar-refractivity contribution in [3.8, 4) is 17.0 Å². The van der Waals surface area contributed by atoms with E-state index in [0.717, 1.165) is 11.3 Å². The van der Waals surface area contributed by atoms with E-state index in [2.05, 4.69) is 26.2 Å². The second-order valence-corrected chi connectivity index (χ2v) is 6.40. The number of halogens is 1. The second kappa shape index (κ2) is 8.68. The Bertz CT molecular complexity index is 979. The van der Waals surface area contributed by atoms with Crippen LogP contribution >= 0.6 is 15.9 Å². The predicted molar refractivity (Wildman–Crippen MR) is 104 cm³/mol. The Labute approximate surface area is 164 Å². The van der Waals surface area contributed by atoms with E-state index in [0.29, 0.717) is 23.5 Å². The summed E-state index contributed by atoms with van der Waals surface area (Å²) in [4.78, 5) is 28.5. The lowest BCUT2D eigenvalue weighted by atomic mass is 10.1. The number of hydrogen-bond acceptors (Lipinski definition) is 5. The van der Waals surface area contributed by atoms with E-state index in [1.807, 2.05) is 31.2 Å². The first-order chi connectivity index (χ1) is 13.1. The lowest BCUT2D eigenvalue weighted by Crippen LogP contribution is -2.30. The molecule has 0 bridgehead atoms. The molecule has 3 aromatic rings. The van der Waals surface area contributed by atoms with Crippen molar-refractivity contribution >= 4 is 21.8 Å². The normalized spacial score (nSPS) is 10.6. The van der Waals surface area contributed by atoms with E-state index in [9.17, 15) is 9.59 Å². The lowest BCUT2D eigenvalue weighted by molar-refractivity contribution is 0.0923. The zero-order valence-corrected chi connectivity index (χ0v) is 16.2. The van der Waals surface area contributed by atoms with Crippen molar-refractivity contribution in [1.82, 2.24) is 14.9 Å². The smallest absolute Gasteiger partial charge is 0.287 e. The molecule has 140 valence electrons. The predicted octanol–water partition coefficient (Wildman–Crippen LogP) is 3.09. The maximum Gasteiger partial charge on any atom is 0.287 e. The Morgan fingerprint density at radius 2 is 2.04 bits per heavy atom. The van der Waals surface area contributed by atoms with Gasteiger partial charge in [0, 0.05) is 24.7 Å². The van der Waals surface area contributed by atoms with Gasteiger partial charge < -0.3 is 14.5 Å². The highest BCUT2D eigenvalue weighted by Crippen LogP contribution is 2.19. The Kier molecular flexibility index (Phi) is 6.08. The van der Waals surface area contributed by atoms with Crippen molar-refractivity contribution < 1.29 is 13.9 Å². The molecular formula is C19H18BrN3O4. The molecule has 0 aliphatic rings. The van der Waals surface area contributed by atoms with Gasteiger partial charge in [-0.3, -0.25) is 14.2 Å². The summed E-state index contributed by atoms with van der Waals surface area (Å²) in [6.07, 6.45) is 1.48. The van der Waals surface area contributed by atoms with Crippen molar-refractivity contribution in [3.05, 3.63) is 69.6 Å². The van der Waals surface area contributed by atoms with E-state index in [1.165, 1.54) is 17.0 Å². The fourth-order valence-corrected chi connectivity index (χ4v) is 2.76. The molecule has 1 N–H and O–H groups in total. The Balaban J connectivity index is 1.61. The minimum absolute atomic E-state index is 0.191. The van der Waals surface area contributed by atoms with Crippen molar-refractivity contribution in [2.24, 2.45) is 0 Å². The summed E-state index contributed by atoms with van der Waals surface area (Å²) in [5.41, 5.74) is 1.23. The summed E-state index contributed by atoms with van der Waals surface area (Å²) in [5, 5.41) is 2.70. The van der Waals surface area contributed by atoms with Gasteiger partial charge in [0.05, 0.1) is 18.6 Å². The SMILES string of the molecule is CCOc1ccc(-c2cc(=O)n(CCNC(=O)c3ccc(Br)o3)cn2)cc1. The van der Waals surface area contributed by atoms with E-state index in [4.69, 9.17) is 9.15 Å². The Morgan fingerprint density at radius 1 is 1.26 bits per heavy atom. The van der Waals surface area contributed by atoms with Crippen molar-refractivity contribution in [2.75, 3.05) is 13.2 Å². The minimum atomic E-state index is -0.340. The molecule has 3 rings (SSSR count). The van der Waals surface area contributed by atoms with Gasteiger partial charge in [-0.1, -0.05) is 0 Å². The molecule has 0 fully saturated rings. The van der Waals surface area contributed by atoms with Crippen LogP contribution < -0.4 is 15.6 Å². The molecule has 7 nitrogen and oxygen atoms in total. The summed E-state index contributed by atoms with van der Waals surface area (Å²) in [6, 6.07) is 12.1. The molecule has 8 heteroatoms.